The van der Waals surface area contributed by atoms with Crippen LogP contribution in [0.15, 0.2) is 61.1 Å². The molecule has 1 aliphatic heterocycles. The van der Waals surface area contributed by atoms with Gasteiger partial charge in [-0.15, -0.1) is 0 Å². The zero-order valence-electron chi connectivity index (χ0n) is 19.6. The fraction of sp³-hybridized carbons (Fsp3) is 0.296. The molecular formula is C27H30N6O. The van der Waals surface area contributed by atoms with Crippen LogP contribution in [0.3, 0.4) is 0 Å². The minimum atomic E-state index is 0.0238. The Hall–Kier alpha value is -3.55. The van der Waals surface area contributed by atoms with Gasteiger partial charge in [-0.1, -0.05) is 30.3 Å². The van der Waals surface area contributed by atoms with Crippen molar-refractivity contribution in [3.05, 3.63) is 77.7 Å². The molecule has 4 aromatic rings. The molecule has 3 heterocycles. The van der Waals surface area contributed by atoms with E-state index in [1.165, 1.54) is 11.1 Å². The van der Waals surface area contributed by atoms with Crippen molar-refractivity contribution in [3.8, 4) is 22.6 Å². The van der Waals surface area contributed by atoms with Crippen molar-refractivity contribution in [1.82, 2.24) is 24.8 Å². The van der Waals surface area contributed by atoms with Crippen molar-refractivity contribution in [2.24, 2.45) is 0 Å². The normalized spacial score (nSPS) is 14.3. The molecule has 0 atom stereocenters. The maximum absolute atomic E-state index is 9.44. The van der Waals surface area contributed by atoms with Crippen LogP contribution in [0.25, 0.3) is 22.6 Å². The Morgan fingerprint density at radius 3 is 2.44 bits per heavy atom. The van der Waals surface area contributed by atoms with Gasteiger partial charge in [-0.2, -0.15) is 0 Å². The van der Waals surface area contributed by atoms with Crippen molar-refractivity contribution in [2.45, 2.75) is 39.3 Å². The second-order valence-corrected chi connectivity index (χ2v) is 8.95. The lowest BCUT2D eigenvalue weighted by molar-refractivity contribution is 0.282. The number of hydrogen-bond donors (Lipinski definition) is 3. The number of imidazole rings is 1. The fourth-order valence-electron chi connectivity index (χ4n) is 4.68. The van der Waals surface area contributed by atoms with E-state index in [0.717, 1.165) is 59.8 Å². The zero-order chi connectivity index (χ0) is 23.5. The molecule has 7 heteroatoms. The highest BCUT2D eigenvalue weighted by molar-refractivity contribution is 5.77. The SMILES string of the molecule is Cc1cc(C)cc(Nc2nccc(-c3c(-c4ccc(CO)cc4)ncn3C3CCNCC3)n2)c1. The number of anilines is 2. The number of aryl methyl sites for hydroxylation is 2. The van der Waals surface area contributed by atoms with E-state index in [9.17, 15) is 5.11 Å². The van der Waals surface area contributed by atoms with Crippen LogP contribution in [0.1, 0.15) is 35.6 Å². The van der Waals surface area contributed by atoms with Gasteiger partial charge in [0.2, 0.25) is 5.95 Å². The van der Waals surface area contributed by atoms with Gasteiger partial charge in [0.1, 0.15) is 0 Å². The fourth-order valence-corrected chi connectivity index (χ4v) is 4.68. The van der Waals surface area contributed by atoms with Gasteiger partial charge >= 0.3 is 0 Å². The van der Waals surface area contributed by atoms with Crippen LogP contribution < -0.4 is 10.6 Å². The van der Waals surface area contributed by atoms with E-state index in [0.29, 0.717) is 12.0 Å². The first-order valence-corrected chi connectivity index (χ1v) is 11.8. The van der Waals surface area contributed by atoms with Crippen LogP contribution in [0, 0.1) is 13.8 Å². The summed E-state index contributed by atoms with van der Waals surface area (Å²) in [6.45, 7) is 6.18. The van der Waals surface area contributed by atoms with E-state index in [2.05, 4.69) is 52.2 Å². The third kappa shape index (κ3) is 4.71. The molecule has 5 rings (SSSR count). The summed E-state index contributed by atoms with van der Waals surface area (Å²) in [7, 11) is 0. The molecule has 2 aromatic carbocycles. The number of rotatable bonds is 6. The Balaban J connectivity index is 1.57. The minimum Gasteiger partial charge on any atom is -0.392 e. The average molecular weight is 455 g/mol. The number of hydrogen-bond acceptors (Lipinski definition) is 6. The Morgan fingerprint density at radius 2 is 1.74 bits per heavy atom. The van der Waals surface area contributed by atoms with Crippen molar-refractivity contribution >= 4 is 11.6 Å². The molecule has 1 aliphatic rings. The third-order valence-electron chi connectivity index (χ3n) is 6.28. The van der Waals surface area contributed by atoms with Gasteiger partial charge in [0.05, 0.1) is 30.0 Å². The third-order valence-corrected chi connectivity index (χ3v) is 6.28. The zero-order valence-corrected chi connectivity index (χ0v) is 19.6. The Labute approximate surface area is 199 Å². The van der Waals surface area contributed by atoms with E-state index in [1.54, 1.807) is 6.20 Å². The van der Waals surface area contributed by atoms with Gasteiger partial charge in [-0.25, -0.2) is 15.0 Å². The molecule has 0 saturated carbocycles. The predicted molar refractivity (Wildman–Crippen MR) is 135 cm³/mol. The highest BCUT2D eigenvalue weighted by atomic mass is 16.3. The first kappa shape index (κ1) is 22.3. The smallest absolute Gasteiger partial charge is 0.227 e. The van der Waals surface area contributed by atoms with Crippen LogP contribution >= 0.6 is 0 Å². The molecule has 0 bridgehead atoms. The highest BCUT2D eigenvalue weighted by Crippen LogP contribution is 2.35. The molecule has 7 nitrogen and oxygen atoms in total. The number of nitrogens with one attached hydrogen (secondary N) is 2. The van der Waals surface area contributed by atoms with Crippen molar-refractivity contribution in [1.29, 1.82) is 0 Å². The lowest BCUT2D eigenvalue weighted by atomic mass is 10.0. The van der Waals surface area contributed by atoms with E-state index in [-0.39, 0.29) is 6.61 Å². The van der Waals surface area contributed by atoms with Gasteiger partial charge in [0.25, 0.3) is 0 Å². The van der Waals surface area contributed by atoms with Gasteiger partial charge in [-0.3, -0.25) is 0 Å². The summed E-state index contributed by atoms with van der Waals surface area (Å²) in [6, 6.07) is 16.6. The lowest BCUT2D eigenvalue weighted by Gasteiger charge is -2.25. The Bertz CT molecular complexity index is 1250. The standard InChI is InChI=1S/C27H30N6O/c1-18-13-19(2)15-22(14-18)31-27-29-12-9-24(32-27)26-25(21-5-3-20(16-34)4-6-21)30-17-33(26)23-7-10-28-11-8-23/h3-6,9,12-15,17,23,28,34H,7-8,10-11,16H2,1-2H3,(H,29,31,32). The predicted octanol–water partition coefficient (Wildman–Crippen LogP) is 4.78. The molecule has 0 amide bonds. The molecule has 0 aliphatic carbocycles. The molecule has 1 saturated heterocycles. The summed E-state index contributed by atoms with van der Waals surface area (Å²) in [4.78, 5) is 14.2. The van der Waals surface area contributed by atoms with Gasteiger partial charge in [0.15, 0.2) is 0 Å². The molecule has 0 unspecified atom stereocenters. The Kier molecular flexibility index (Phi) is 6.38. The molecular weight excluding hydrogens is 424 g/mol. The van der Waals surface area contributed by atoms with Crippen LogP contribution in [0.2, 0.25) is 0 Å². The maximum atomic E-state index is 9.44. The molecule has 3 N–H and O–H groups in total. The second-order valence-electron chi connectivity index (χ2n) is 8.95. The second kappa shape index (κ2) is 9.75. The molecule has 174 valence electrons. The van der Waals surface area contributed by atoms with Crippen LogP contribution in [0.4, 0.5) is 11.6 Å². The summed E-state index contributed by atoms with van der Waals surface area (Å²) in [6.07, 6.45) is 5.83. The van der Waals surface area contributed by atoms with Crippen LogP contribution in [-0.4, -0.2) is 37.7 Å². The number of aliphatic hydroxyl groups is 1. The monoisotopic (exact) mass is 454 g/mol. The number of aliphatic hydroxyl groups excluding tert-OH is 1. The lowest BCUT2D eigenvalue weighted by Crippen LogP contribution is -2.29. The Morgan fingerprint density at radius 1 is 1.00 bits per heavy atom. The first-order valence-electron chi connectivity index (χ1n) is 11.8. The molecule has 1 fully saturated rings. The van der Waals surface area contributed by atoms with E-state index >= 15 is 0 Å². The van der Waals surface area contributed by atoms with Crippen LogP contribution in [-0.2, 0) is 6.61 Å². The quantitative estimate of drug-likeness (QED) is 0.388. The summed E-state index contributed by atoms with van der Waals surface area (Å²) in [5.41, 5.74) is 7.95. The number of benzene rings is 2. The summed E-state index contributed by atoms with van der Waals surface area (Å²) in [5.74, 6) is 0.558. The van der Waals surface area contributed by atoms with Gasteiger partial charge in [0, 0.05) is 23.5 Å². The van der Waals surface area contributed by atoms with Crippen molar-refractivity contribution < 1.29 is 5.11 Å². The van der Waals surface area contributed by atoms with Crippen molar-refractivity contribution in [3.63, 3.8) is 0 Å². The minimum absolute atomic E-state index is 0.0238. The summed E-state index contributed by atoms with van der Waals surface area (Å²) >= 11 is 0. The molecule has 0 spiro atoms. The topological polar surface area (TPSA) is 87.9 Å². The first-order chi connectivity index (χ1) is 16.6. The number of piperidine rings is 1. The van der Waals surface area contributed by atoms with E-state index in [4.69, 9.17) is 9.97 Å². The van der Waals surface area contributed by atoms with Gasteiger partial charge in [-0.05, 0) is 74.7 Å². The van der Waals surface area contributed by atoms with E-state index < -0.39 is 0 Å². The van der Waals surface area contributed by atoms with E-state index in [1.807, 2.05) is 36.7 Å². The maximum Gasteiger partial charge on any atom is 0.227 e. The summed E-state index contributed by atoms with van der Waals surface area (Å²) < 4.78 is 2.28. The number of nitrogens with zero attached hydrogens (tertiary/aromatic N) is 4. The molecule has 2 aromatic heterocycles. The van der Waals surface area contributed by atoms with Gasteiger partial charge < -0.3 is 20.3 Å². The van der Waals surface area contributed by atoms with Crippen LogP contribution in [0.5, 0.6) is 0 Å². The highest BCUT2D eigenvalue weighted by Gasteiger charge is 2.23. The van der Waals surface area contributed by atoms with Crippen molar-refractivity contribution in [2.75, 3.05) is 18.4 Å². The summed E-state index contributed by atoms with van der Waals surface area (Å²) in [5, 5.41) is 16.3. The average Bonchev–Trinajstić information content (AvgIpc) is 3.29. The molecule has 34 heavy (non-hydrogen) atoms. The largest absolute Gasteiger partial charge is 0.392 e. The molecule has 0 radical (unpaired) electrons. The number of aromatic nitrogens is 4.